The van der Waals surface area contributed by atoms with Crippen molar-refractivity contribution in [3.63, 3.8) is 0 Å². The Labute approximate surface area is 162 Å². The Morgan fingerprint density at radius 1 is 1.26 bits per heavy atom. The molecule has 2 heterocycles. The fourth-order valence-electron chi connectivity index (χ4n) is 6.04. The van der Waals surface area contributed by atoms with E-state index in [4.69, 9.17) is 8.83 Å². The highest BCUT2D eigenvalue weighted by atomic mass is 32.2. The molecule has 144 valence electrons. The lowest BCUT2D eigenvalue weighted by atomic mass is 9.48. The van der Waals surface area contributed by atoms with E-state index in [0.717, 1.165) is 17.8 Å². The molecule has 4 aliphatic carbocycles. The van der Waals surface area contributed by atoms with E-state index >= 15 is 0 Å². The van der Waals surface area contributed by atoms with Crippen molar-refractivity contribution < 1.29 is 13.6 Å². The van der Waals surface area contributed by atoms with Crippen molar-refractivity contribution in [1.29, 1.82) is 0 Å². The Hall–Kier alpha value is -1.76. The van der Waals surface area contributed by atoms with Crippen LogP contribution in [0.15, 0.2) is 32.5 Å². The monoisotopic (exact) mass is 387 g/mol. The molecule has 6 nitrogen and oxygen atoms in total. The van der Waals surface area contributed by atoms with Crippen LogP contribution in [-0.2, 0) is 4.79 Å². The quantitative estimate of drug-likeness (QED) is 0.750. The molecule has 0 unspecified atom stereocenters. The Balaban J connectivity index is 1.17. The number of rotatable bonds is 6. The minimum Gasteiger partial charge on any atom is -0.459 e. The fraction of sp³-hybridized carbons (Fsp3) is 0.650. The van der Waals surface area contributed by atoms with Gasteiger partial charge in [-0.3, -0.25) is 4.79 Å². The van der Waals surface area contributed by atoms with E-state index in [-0.39, 0.29) is 17.7 Å². The third kappa shape index (κ3) is 3.30. The molecule has 1 atom stereocenters. The van der Waals surface area contributed by atoms with Gasteiger partial charge in [0.15, 0.2) is 5.76 Å². The third-order valence-corrected chi connectivity index (χ3v) is 7.67. The minimum atomic E-state index is 0.0426. The number of carbonyl (C=O) groups is 1. The van der Waals surface area contributed by atoms with E-state index in [1.54, 1.807) is 18.4 Å². The third-order valence-electron chi connectivity index (χ3n) is 6.85. The number of hydrogen-bond acceptors (Lipinski definition) is 6. The maximum absolute atomic E-state index is 12.5. The second kappa shape index (κ2) is 6.69. The number of nitrogens with zero attached hydrogens (tertiary/aromatic N) is 2. The van der Waals surface area contributed by atoms with Crippen LogP contribution >= 0.6 is 11.8 Å². The standard InChI is InChI=1S/C20H25N3O3S/c1-12(20-8-13-5-14(9-20)7-15(6-13)10-20)21-17(24)11-27-19-23-22-18(26-19)16-3-2-4-25-16/h2-4,12-15H,5-11H2,1H3,(H,21,24)/t12-,13?,14?,15?,20?/m0/s1. The predicted molar refractivity (Wildman–Crippen MR) is 101 cm³/mol. The lowest BCUT2D eigenvalue weighted by Crippen LogP contribution is -2.56. The predicted octanol–water partition coefficient (Wildman–Crippen LogP) is 4.14. The molecule has 4 aliphatic rings. The summed E-state index contributed by atoms with van der Waals surface area (Å²) in [6.07, 6.45) is 9.71. The van der Waals surface area contributed by atoms with Crippen molar-refractivity contribution in [3.05, 3.63) is 18.4 Å². The molecule has 0 aliphatic heterocycles. The van der Waals surface area contributed by atoms with Crippen molar-refractivity contribution in [2.75, 3.05) is 5.75 Å². The van der Waals surface area contributed by atoms with E-state index in [0.29, 0.717) is 22.3 Å². The summed E-state index contributed by atoms with van der Waals surface area (Å²) in [7, 11) is 0. The average Bonchev–Trinajstić information content (AvgIpc) is 3.30. The summed E-state index contributed by atoms with van der Waals surface area (Å²) < 4.78 is 10.8. The first kappa shape index (κ1) is 17.3. The second-order valence-electron chi connectivity index (χ2n) is 8.71. The Morgan fingerprint density at radius 3 is 2.59 bits per heavy atom. The second-order valence-corrected chi connectivity index (χ2v) is 9.63. The van der Waals surface area contributed by atoms with Gasteiger partial charge in [-0.15, -0.1) is 10.2 Å². The van der Waals surface area contributed by atoms with Crippen molar-refractivity contribution in [1.82, 2.24) is 15.5 Å². The van der Waals surface area contributed by atoms with Gasteiger partial charge in [-0.05, 0) is 80.8 Å². The molecular formula is C20H25N3O3S. The zero-order valence-electron chi connectivity index (χ0n) is 15.5. The summed E-state index contributed by atoms with van der Waals surface area (Å²) in [6.45, 7) is 2.21. The SMILES string of the molecule is C[C@H](NC(=O)CSc1nnc(-c2ccco2)o1)C12CC3CC(CC(C3)C1)C2. The van der Waals surface area contributed by atoms with E-state index in [9.17, 15) is 4.79 Å². The zero-order valence-corrected chi connectivity index (χ0v) is 16.3. The molecule has 4 saturated carbocycles. The van der Waals surface area contributed by atoms with E-state index in [1.807, 2.05) is 0 Å². The maximum atomic E-state index is 12.5. The number of hydrogen-bond donors (Lipinski definition) is 1. The van der Waals surface area contributed by atoms with Gasteiger partial charge in [-0.1, -0.05) is 11.8 Å². The lowest BCUT2D eigenvalue weighted by Gasteiger charge is -2.59. The Kier molecular flexibility index (Phi) is 4.30. The van der Waals surface area contributed by atoms with Gasteiger partial charge < -0.3 is 14.2 Å². The van der Waals surface area contributed by atoms with Crippen LogP contribution in [0.25, 0.3) is 11.7 Å². The normalized spacial score (nSPS) is 32.6. The van der Waals surface area contributed by atoms with Crippen LogP contribution in [0.3, 0.4) is 0 Å². The molecule has 6 rings (SSSR count). The van der Waals surface area contributed by atoms with Crippen molar-refractivity contribution in [2.24, 2.45) is 23.2 Å². The number of amides is 1. The van der Waals surface area contributed by atoms with Crippen LogP contribution in [0.2, 0.25) is 0 Å². The summed E-state index contributed by atoms with van der Waals surface area (Å²) in [5.41, 5.74) is 0.325. The minimum absolute atomic E-state index is 0.0426. The summed E-state index contributed by atoms with van der Waals surface area (Å²) in [5, 5.41) is 11.6. The topological polar surface area (TPSA) is 81.2 Å². The molecule has 0 saturated heterocycles. The Morgan fingerprint density at radius 2 is 1.96 bits per heavy atom. The summed E-state index contributed by atoms with van der Waals surface area (Å²) in [5.74, 6) is 3.88. The Bertz CT molecular complexity index is 781. The van der Waals surface area contributed by atoms with Gasteiger partial charge in [-0.25, -0.2) is 0 Å². The fourth-order valence-corrected chi connectivity index (χ4v) is 6.61. The van der Waals surface area contributed by atoms with E-state index in [1.165, 1.54) is 50.3 Å². The molecule has 1 amide bonds. The molecule has 2 aromatic heterocycles. The zero-order chi connectivity index (χ0) is 18.4. The summed E-state index contributed by atoms with van der Waals surface area (Å²) in [4.78, 5) is 12.5. The number of furan rings is 1. The van der Waals surface area contributed by atoms with Crippen molar-refractivity contribution in [3.8, 4) is 11.7 Å². The highest BCUT2D eigenvalue weighted by molar-refractivity contribution is 7.99. The lowest BCUT2D eigenvalue weighted by molar-refractivity contribution is -0.123. The van der Waals surface area contributed by atoms with E-state index in [2.05, 4.69) is 22.4 Å². The number of aromatic nitrogens is 2. The number of carbonyl (C=O) groups excluding carboxylic acids is 1. The molecule has 4 bridgehead atoms. The van der Waals surface area contributed by atoms with Gasteiger partial charge in [0.1, 0.15) is 0 Å². The highest BCUT2D eigenvalue weighted by Gasteiger charge is 2.53. The molecule has 0 radical (unpaired) electrons. The van der Waals surface area contributed by atoms with Gasteiger partial charge in [0.25, 0.3) is 11.1 Å². The molecular weight excluding hydrogens is 362 g/mol. The summed E-state index contributed by atoms with van der Waals surface area (Å²) >= 11 is 1.27. The molecule has 27 heavy (non-hydrogen) atoms. The molecule has 0 aromatic carbocycles. The smallest absolute Gasteiger partial charge is 0.284 e. The van der Waals surface area contributed by atoms with Crippen LogP contribution < -0.4 is 5.32 Å². The van der Waals surface area contributed by atoms with E-state index < -0.39 is 0 Å². The largest absolute Gasteiger partial charge is 0.459 e. The van der Waals surface area contributed by atoms with Crippen LogP contribution in [-0.4, -0.2) is 27.9 Å². The average molecular weight is 388 g/mol. The van der Waals surface area contributed by atoms with Gasteiger partial charge in [-0.2, -0.15) is 0 Å². The van der Waals surface area contributed by atoms with Crippen molar-refractivity contribution >= 4 is 17.7 Å². The first-order valence-electron chi connectivity index (χ1n) is 9.89. The molecule has 7 heteroatoms. The molecule has 2 aromatic rings. The van der Waals surface area contributed by atoms with Gasteiger partial charge in [0.2, 0.25) is 5.91 Å². The van der Waals surface area contributed by atoms with Gasteiger partial charge in [0, 0.05) is 6.04 Å². The van der Waals surface area contributed by atoms with Gasteiger partial charge >= 0.3 is 0 Å². The maximum Gasteiger partial charge on any atom is 0.284 e. The van der Waals surface area contributed by atoms with Crippen LogP contribution in [0, 0.1) is 23.2 Å². The van der Waals surface area contributed by atoms with Crippen molar-refractivity contribution in [2.45, 2.75) is 56.7 Å². The van der Waals surface area contributed by atoms with Crippen LogP contribution in [0.1, 0.15) is 45.4 Å². The number of nitrogens with one attached hydrogen (secondary N) is 1. The van der Waals surface area contributed by atoms with Crippen LogP contribution in [0.4, 0.5) is 0 Å². The molecule has 1 N–H and O–H groups in total. The van der Waals surface area contributed by atoms with Crippen LogP contribution in [0.5, 0.6) is 0 Å². The molecule has 0 spiro atoms. The molecule has 4 fully saturated rings. The van der Waals surface area contributed by atoms with Gasteiger partial charge in [0.05, 0.1) is 12.0 Å². The number of thioether (sulfide) groups is 1. The highest BCUT2D eigenvalue weighted by Crippen LogP contribution is 2.61. The first-order valence-corrected chi connectivity index (χ1v) is 10.9. The summed E-state index contributed by atoms with van der Waals surface area (Å²) in [6, 6.07) is 3.77. The first-order chi connectivity index (χ1) is 13.1.